The van der Waals surface area contributed by atoms with Crippen LogP contribution in [0, 0.1) is 18.3 Å². The first-order valence-electron chi connectivity index (χ1n) is 12.2. The van der Waals surface area contributed by atoms with Crippen molar-refractivity contribution in [2.45, 2.75) is 11.8 Å². The molecule has 0 radical (unpaired) electrons. The lowest BCUT2D eigenvalue weighted by Gasteiger charge is -2.19. The summed E-state index contributed by atoms with van der Waals surface area (Å²) >= 11 is 12.2. The average Bonchev–Trinajstić information content (AvgIpc) is 3.19. The van der Waals surface area contributed by atoms with Crippen molar-refractivity contribution in [3.63, 3.8) is 0 Å². The van der Waals surface area contributed by atoms with Gasteiger partial charge in [0.15, 0.2) is 6.61 Å². The minimum absolute atomic E-state index is 0.111. The molecule has 1 heterocycles. The average molecular weight is 628 g/mol. The predicted molar refractivity (Wildman–Crippen MR) is 158 cm³/mol. The first-order valence-corrected chi connectivity index (χ1v) is 14.4. The summed E-state index contributed by atoms with van der Waals surface area (Å²) in [6.45, 7) is 0.870. The Labute approximate surface area is 251 Å². The zero-order valence-electron chi connectivity index (χ0n) is 22.5. The summed E-state index contributed by atoms with van der Waals surface area (Å²) < 4.78 is 36.1. The normalized spacial score (nSPS) is 11.0. The second kappa shape index (κ2) is 12.1. The second-order valence-electron chi connectivity index (χ2n) is 8.95. The van der Waals surface area contributed by atoms with E-state index in [4.69, 9.17) is 27.9 Å². The molecule has 0 unspecified atom stereocenters. The van der Waals surface area contributed by atoms with Crippen LogP contribution >= 0.6 is 23.2 Å². The van der Waals surface area contributed by atoms with E-state index in [1.165, 1.54) is 46.7 Å². The van der Waals surface area contributed by atoms with Crippen molar-refractivity contribution in [3.8, 4) is 11.8 Å². The molecular weight excluding hydrogens is 605 g/mol. The molecule has 0 saturated heterocycles. The lowest BCUT2D eigenvalue weighted by Crippen LogP contribution is -2.32. The largest absolute Gasteiger partial charge is 0.452 e. The molecule has 0 aliphatic rings. The Bertz CT molecular complexity index is 1910. The van der Waals surface area contributed by atoms with Crippen LogP contribution < -0.4 is 15.2 Å². The van der Waals surface area contributed by atoms with Gasteiger partial charge in [0.1, 0.15) is 16.7 Å². The summed E-state index contributed by atoms with van der Waals surface area (Å²) in [5.41, 5.74) is 0.301. The summed E-state index contributed by atoms with van der Waals surface area (Å²) in [4.78, 5) is 38.0. The third-order valence-corrected chi connectivity index (χ3v) is 8.83. The summed E-state index contributed by atoms with van der Waals surface area (Å²) in [7, 11) is -1.61. The number of nitrogens with zero attached hydrogens (tertiary/aromatic N) is 4. The smallest absolute Gasteiger partial charge is 0.338 e. The van der Waals surface area contributed by atoms with E-state index in [1.807, 2.05) is 6.07 Å². The van der Waals surface area contributed by atoms with Crippen LogP contribution in [0.2, 0.25) is 10.0 Å². The molecule has 11 nitrogen and oxygen atoms in total. The van der Waals surface area contributed by atoms with E-state index in [9.17, 15) is 28.1 Å². The van der Waals surface area contributed by atoms with Crippen molar-refractivity contribution < 1.29 is 22.7 Å². The van der Waals surface area contributed by atoms with E-state index in [0.717, 1.165) is 10.4 Å². The van der Waals surface area contributed by atoms with Crippen LogP contribution in [-0.4, -0.2) is 43.3 Å². The Morgan fingerprint density at radius 1 is 1.07 bits per heavy atom. The van der Waals surface area contributed by atoms with Gasteiger partial charge in [-0.1, -0.05) is 41.4 Å². The number of esters is 1. The minimum Gasteiger partial charge on any atom is -0.452 e. The standard InChI is InChI=1S/C28H23Cl2N5O6S/c1-17-26(27(37)35(33(17)2)21-7-5-4-6-8-21)34(3)42(39,40)24-13-18(10-12-22(24)30)28(38)41-16-25(36)32-23-14-20(29)11-9-19(23)15-31/h4-14H,16H2,1-3H3,(H,32,36). The molecule has 0 bridgehead atoms. The molecule has 1 aromatic heterocycles. The maximum absolute atomic E-state index is 13.7. The van der Waals surface area contributed by atoms with Gasteiger partial charge in [-0.3, -0.25) is 18.6 Å². The maximum atomic E-state index is 13.7. The lowest BCUT2D eigenvalue weighted by atomic mass is 10.2. The zero-order valence-corrected chi connectivity index (χ0v) is 24.8. The van der Waals surface area contributed by atoms with Gasteiger partial charge in [0.05, 0.1) is 33.2 Å². The zero-order chi connectivity index (χ0) is 30.8. The van der Waals surface area contributed by atoms with Gasteiger partial charge in [0, 0.05) is 19.1 Å². The van der Waals surface area contributed by atoms with Gasteiger partial charge in [-0.2, -0.15) is 5.26 Å². The van der Waals surface area contributed by atoms with Crippen molar-refractivity contribution in [2.75, 3.05) is 23.3 Å². The van der Waals surface area contributed by atoms with E-state index < -0.39 is 39.0 Å². The number of nitriles is 1. The molecule has 1 N–H and O–H groups in total. The third-order valence-electron chi connectivity index (χ3n) is 6.35. The number of benzene rings is 3. The molecule has 4 aromatic rings. The highest BCUT2D eigenvalue weighted by Gasteiger charge is 2.31. The number of nitrogens with one attached hydrogen (secondary N) is 1. The molecule has 0 aliphatic heterocycles. The Balaban J connectivity index is 1.58. The van der Waals surface area contributed by atoms with Gasteiger partial charge < -0.3 is 10.1 Å². The number of halogens is 2. The summed E-state index contributed by atoms with van der Waals surface area (Å²) in [6.07, 6.45) is 0. The molecule has 42 heavy (non-hydrogen) atoms. The Hall–Kier alpha value is -4.57. The number of hydrogen-bond donors (Lipinski definition) is 1. The first-order chi connectivity index (χ1) is 19.9. The number of ether oxygens (including phenoxy) is 1. The van der Waals surface area contributed by atoms with Crippen molar-refractivity contribution in [1.29, 1.82) is 5.26 Å². The van der Waals surface area contributed by atoms with Gasteiger partial charge in [-0.25, -0.2) is 17.9 Å². The highest BCUT2D eigenvalue weighted by atomic mass is 35.5. The van der Waals surface area contributed by atoms with Crippen LogP contribution in [0.15, 0.2) is 76.4 Å². The van der Waals surface area contributed by atoms with Crippen LogP contribution in [0.25, 0.3) is 5.69 Å². The molecule has 0 aliphatic carbocycles. The van der Waals surface area contributed by atoms with Gasteiger partial charge in [0.2, 0.25) is 0 Å². The Morgan fingerprint density at radius 2 is 1.76 bits per heavy atom. The topological polar surface area (TPSA) is 144 Å². The first kappa shape index (κ1) is 30.4. The number of sulfonamides is 1. The fraction of sp³-hybridized carbons (Fsp3) is 0.143. The van der Waals surface area contributed by atoms with Crippen LogP contribution in [0.5, 0.6) is 0 Å². The molecule has 1 amide bonds. The fourth-order valence-corrected chi connectivity index (χ4v) is 6.05. The van der Waals surface area contributed by atoms with E-state index in [-0.39, 0.29) is 32.5 Å². The third kappa shape index (κ3) is 5.89. The number of rotatable bonds is 8. The van der Waals surface area contributed by atoms with Crippen molar-refractivity contribution in [2.24, 2.45) is 7.05 Å². The lowest BCUT2D eigenvalue weighted by molar-refractivity contribution is -0.119. The number of aromatic nitrogens is 2. The van der Waals surface area contributed by atoms with Crippen molar-refractivity contribution >= 4 is 56.5 Å². The van der Waals surface area contributed by atoms with Crippen molar-refractivity contribution in [3.05, 3.63) is 104 Å². The Morgan fingerprint density at radius 3 is 2.43 bits per heavy atom. The van der Waals surface area contributed by atoms with E-state index >= 15 is 0 Å². The summed E-state index contributed by atoms with van der Waals surface area (Å²) in [6, 6.07) is 18.3. The van der Waals surface area contributed by atoms with Gasteiger partial charge in [-0.05, 0) is 55.5 Å². The molecule has 216 valence electrons. The van der Waals surface area contributed by atoms with Crippen LogP contribution in [0.3, 0.4) is 0 Å². The Kier molecular flexibility index (Phi) is 8.77. The molecule has 0 saturated carbocycles. The highest BCUT2D eigenvalue weighted by Crippen LogP contribution is 2.29. The molecule has 0 atom stereocenters. The predicted octanol–water partition coefficient (Wildman–Crippen LogP) is 4.28. The van der Waals surface area contributed by atoms with Crippen LogP contribution in [0.4, 0.5) is 11.4 Å². The quantitative estimate of drug-likeness (QED) is 0.287. The van der Waals surface area contributed by atoms with Crippen molar-refractivity contribution in [1.82, 2.24) is 9.36 Å². The molecule has 3 aromatic carbocycles. The van der Waals surface area contributed by atoms with Gasteiger partial charge in [0.25, 0.3) is 21.5 Å². The number of anilines is 2. The van der Waals surface area contributed by atoms with E-state index in [2.05, 4.69) is 5.32 Å². The minimum atomic E-state index is -4.45. The van der Waals surface area contributed by atoms with E-state index in [0.29, 0.717) is 11.4 Å². The summed E-state index contributed by atoms with van der Waals surface area (Å²) in [5.74, 6) is -1.76. The number of carbonyl (C=O) groups is 2. The molecule has 4 rings (SSSR count). The number of amides is 1. The highest BCUT2D eigenvalue weighted by molar-refractivity contribution is 7.93. The molecule has 14 heteroatoms. The number of para-hydroxylation sites is 1. The van der Waals surface area contributed by atoms with Crippen LogP contribution in [-0.2, 0) is 26.6 Å². The second-order valence-corrected chi connectivity index (χ2v) is 11.7. The van der Waals surface area contributed by atoms with Gasteiger partial charge >= 0.3 is 5.97 Å². The van der Waals surface area contributed by atoms with E-state index in [1.54, 1.807) is 44.3 Å². The van der Waals surface area contributed by atoms with Gasteiger partial charge in [-0.15, -0.1) is 0 Å². The molecular formula is C28H23Cl2N5O6S. The number of carbonyl (C=O) groups excluding carboxylic acids is 2. The monoisotopic (exact) mass is 627 g/mol. The fourth-order valence-electron chi connectivity index (χ4n) is 4.13. The molecule has 0 fully saturated rings. The maximum Gasteiger partial charge on any atom is 0.338 e. The van der Waals surface area contributed by atoms with Crippen LogP contribution in [0.1, 0.15) is 21.6 Å². The SMILES string of the molecule is Cc1c(N(C)S(=O)(=O)c2cc(C(=O)OCC(=O)Nc3cc(Cl)ccc3C#N)ccc2Cl)c(=O)n(-c2ccccc2)n1C. The summed E-state index contributed by atoms with van der Waals surface area (Å²) in [5, 5.41) is 11.7. The molecule has 0 spiro atoms. The number of hydrogen-bond acceptors (Lipinski definition) is 7.